The van der Waals surface area contributed by atoms with E-state index in [2.05, 4.69) is 5.32 Å². The van der Waals surface area contributed by atoms with Crippen LogP contribution in [0.1, 0.15) is 21.3 Å². The maximum Gasteiger partial charge on any atom is 0.437 e. The zero-order chi connectivity index (χ0) is 20.7. The largest absolute Gasteiger partial charge is 0.437 e. The number of benzene rings is 1. The maximum atomic E-state index is 13.8. The van der Waals surface area contributed by atoms with E-state index in [9.17, 15) is 33.2 Å². The van der Waals surface area contributed by atoms with Gasteiger partial charge in [0.1, 0.15) is 5.92 Å². The number of nitro groups is 1. The number of alkyl halides is 3. The smallest absolute Gasteiger partial charge is 0.363 e. The number of aliphatic hydroxyl groups is 1. The topological polar surface area (TPSA) is 104 Å². The van der Waals surface area contributed by atoms with Crippen molar-refractivity contribution in [2.45, 2.75) is 17.9 Å². The van der Waals surface area contributed by atoms with E-state index in [1.165, 1.54) is 29.6 Å². The number of nitro benzene ring substituents is 1. The van der Waals surface area contributed by atoms with Crippen LogP contribution in [0.2, 0.25) is 0 Å². The van der Waals surface area contributed by atoms with Gasteiger partial charge < -0.3 is 15.7 Å². The SMILES string of the molecule is O=C(c1cccs1)[C@@H]1[C@H](c2cccc([N+](=O)[O-])c2)NC(=S)N[C@@]1(O)C(F)(F)F. The van der Waals surface area contributed by atoms with E-state index in [1.54, 1.807) is 5.32 Å². The Morgan fingerprint density at radius 1 is 1.32 bits per heavy atom. The first-order valence-electron chi connectivity index (χ1n) is 7.74. The highest BCUT2D eigenvalue weighted by molar-refractivity contribution is 7.80. The summed E-state index contributed by atoms with van der Waals surface area (Å²) < 4.78 is 41.4. The highest BCUT2D eigenvalue weighted by atomic mass is 32.1. The van der Waals surface area contributed by atoms with Crippen molar-refractivity contribution in [3.8, 4) is 0 Å². The Hall–Kier alpha value is -2.57. The van der Waals surface area contributed by atoms with Crippen molar-refractivity contribution in [2.24, 2.45) is 5.92 Å². The minimum Gasteiger partial charge on any atom is -0.363 e. The number of rotatable bonds is 4. The molecule has 3 N–H and O–H groups in total. The molecule has 1 aromatic heterocycles. The standard InChI is InChI=1S/C16H12F3N3O4S2/c17-16(18,19)15(24)11(13(23)10-5-2-6-28-10)12(20-14(27)21-15)8-3-1-4-9(7-8)22(25)26/h1-7,11-12,24H,(H2,20,21,27)/t11-,12-,15-/m0/s1. The minimum absolute atomic E-state index is 0.000441. The van der Waals surface area contributed by atoms with Gasteiger partial charge in [0.2, 0.25) is 5.72 Å². The van der Waals surface area contributed by atoms with E-state index in [1.807, 2.05) is 0 Å². The molecule has 0 spiro atoms. The molecule has 1 aromatic carbocycles. The lowest BCUT2D eigenvalue weighted by Crippen LogP contribution is -2.72. The second-order valence-electron chi connectivity index (χ2n) is 6.01. The summed E-state index contributed by atoms with van der Waals surface area (Å²) in [5.74, 6) is -3.06. The van der Waals surface area contributed by atoms with Crippen molar-refractivity contribution in [3.05, 3.63) is 62.3 Å². The lowest BCUT2D eigenvalue weighted by molar-refractivity contribution is -0.385. The molecule has 148 valence electrons. The average Bonchev–Trinajstić information content (AvgIpc) is 3.14. The molecular formula is C16H12F3N3O4S2. The molecule has 0 amide bonds. The minimum atomic E-state index is -5.25. The Balaban J connectivity index is 2.17. The third kappa shape index (κ3) is 3.45. The number of halogens is 3. The predicted octanol–water partition coefficient (Wildman–Crippen LogP) is 2.93. The molecule has 2 aromatic rings. The fraction of sp³-hybridized carbons (Fsp3) is 0.250. The van der Waals surface area contributed by atoms with Gasteiger partial charge in [-0.3, -0.25) is 14.9 Å². The van der Waals surface area contributed by atoms with Gasteiger partial charge in [-0.25, -0.2) is 0 Å². The molecule has 0 bridgehead atoms. The van der Waals surface area contributed by atoms with Crippen molar-refractivity contribution < 1.29 is 28.0 Å². The normalized spacial score (nSPS) is 24.9. The third-order valence-corrected chi connectivity index (χ3v) is 5.40. The molecule has 1 aliphatic heterocycles. The van der Waals surface area contributed by atoms with Crippen LogP contribution >= 0.6 is 23.6 Å². The summed E-state index contributed by atoms with van der Waals surface area (Å²) >= 11 is 5.72. The molecule has 7 nitrogen and oxygen atoms in total. The summed E-state index contributed by atoms with van der Waals surface area (Å²) in [6.07, 6.45) is -5.25. The van der Waals surface area contributed by atoms with Crippen LogP contribution in [0.5, 0.6) is 0 Å². The van der Waals surface area contributed by atoms with E-state index >= 15 is 0 Å². The molecule has 2 heterocycles. The van der Waals surface area contributed by atoms with Crippen LogP contribution in [0.25, 0.3) is 0 Å². The van der Waals surface area contributed by atoms with E-state index in [0.717, 1.165) is 23.5 Å². The van der Waals surface area contributed by atoms with E-state index in [-0.39, 0.29) is 16.1 Å². The van der Waals surface area contributed by atoms with Gasteiger partial charge in [0.15, 0.2) is 10.9 Å². The van der Waals surface area contributed by atoms with Crippen LogP contribution in [-0.2, 0) is 0 Å². The second kappa shape index (κ2) is 7.11. The van der Waals surface area contributed by atoms with Crippen LogP contribution in [0, 0.1) is 16.0 Å². The van der Waals surface area contributed by atoms with Gasteiger partial charge in [-0.2, -0.15) is 13.2 Å². The number of hydrogen-bond donors (Lipinski definition) is 3. The Bertz CT molecular complexity index is 935. The molecule has 0 aliphatic carbocycles. The number of thiophene rings is 1. The van der Waals surface area contributed by atoms with E-state index in [4.69, 9.17) is 12.2 Å². The zero-order valence-corrected chi connectivity index (χ0v) is 15.4. The Morgan fingerprint density at radius 2 is 2.04 bits per heavy atom. The summed E-state index contributed by atoms with van der Waals surface area (Å²) in [5, 5.41) is 26.8. The van der Waals surface area contributed by atoms with Crippen LogP contribution in [-0.4, -0.2) is 32.8 Å². The predicted molar refractivity (Wildman–Crippen MR) is 97.9 cm³/mol. The maximum absolute atomic E-state index is 13.8. The summed E-state index contributed by atoms with van der Waals surface area (Å²) in [6, 6.07) is 6.17. The van der Waals surface area contributed by atoms with E-state index in [0.29, 0.717) is 0 Å². The first-order valence-corrected chi connectivity index (χ1v) is 9.03. The first-order chi connectivity index (χ1) is 13.0. The summed E-state index contributed by atoms with van der Waals surface area (Å²) in [5.41, 5.74) is -4.02. The molecule has 0 unspecified atom stereocenters. The first kappa shape index (κ1) is 20.2. The van der Waals surface area contributed by atoms with Crippen LogP contribution in [0.15, 0.2) is 41.8 Å². The fourth-order valence-corrected chi connectivity index (χ4v) is 4.01. The molecule has 1 fully saturated rings. The van der Waals surface area contributed by atoms with Gasteiger partial charge in [-0.05, 0) is 29.2 Å². The highest BCUT2D eigenvalue weighted by Crippen LogP contribution is 2.44. The number of nitrogens with one attached hydrogen (secondary N) is 2. The Labute approximate surface area is 165 Å². The van der Waals surface area contributed by atoms with Crippen molar-refractivity contribution >= 4 is 40.1 Å². The molecule has 1 aliphatic rings. The quantitative estimate of drug-likeness (QED) is 0.296. The number of hydrogen-bond acceptors (Lipinski definition) is 6. The van der Waals surface area contributed by atoms with Crippen molar-refractivity contribution in [2.75, 3.05) is 0 Å². The molecule has 3 rings (SSSR count). The van der Waals surface area contributed by atoms with Gasteiger partial charge in [0.25, 0.3) is 5.69 Å². The third-order valence-electron chi connectivity index (χ3n) is 4.29. The fourth-order valence-electron chi connectivity index (χ4n) is 3.02. The number of ketones is 1. The molecule has 1 saturated heterocycles. The number of thiocarbonyl (C=S) groups is 1. The van der Waals surface area contributed by atoms with Gasteiger partial charge in [0.05, 0.1) is 15.8 Å². The van der Waals surface area contributed by atoms with Gasteiger partial charge >= 0.3 is 6.18 Å². The van der Waals surface area contributed by atoms with Crippen molar-refractivity contribution in [1.29, 1.82) is 0 Å². The molecule has 3 atom stereocenters. The average molecular weight is 431 g/mol. The molecule has 28 heavy (non-hydrogen) atoms. The highest BCUT2D eigenvalue weighted by Gasteiger charge is 2.65. The van der Waals surface area contributed by atoms with Crippen molar-refractivity contribution in [3.63, 3.8) is 0 Å². The monoisotopic (exact) mass is 431 g/mol. The van der Waals surface area contributed by atoms with Crippen LogP contribution in [0.3, 0.4) is 0 Å². The number of carbonyl (C=O) groups is 1. The van der Waals surface area contributed by atoms with Crippen LogP contribution < -0.4 is 10.6 Å². The summed E-state index contributed by atoms with van der Waals surface area (Å²) in [4.78, 5) is 23.3. The van der Waals surface area contributed by atoms with Gasteiger partial charge in [-0.1, -0.05) is 18.2 Å². The lowest BCUT2D eigenvalue weighted by atomic mass is 9.78. The molecule has 12 heteroatoms. The zero-order valence-electron chi connectivity index (χ0n) is 13.8. The molecular weight excluding hydrogens is 419 g/mol. The number of non-ortho nitro benzene ring substituents is 1. The lowest BCUT2D eigenvalue weighted by Gasteiger charge is -2.46. The Kier molecular flexibility index (Phi) is 5.12. The number of carbonyl (C=O) groups excluding carboxylic acids is 1. The summed E-state index contributed by atoms with van der Waals surface area (Å²) in [6.45, 7) is 0. The van der Waals surface area contributed by atoms with Crippen LogP contribution in [0.4, 0.5) is 18.9 Å². The second-order valence-corrected chi connectivity index (χ2v) is 7.37. The Morgan fingerprint density at radius 3 is 2.61 bits per heavy atom. The number of nitrogens with zero attached hydrogens (tertiary/aromatic N) is 1. The van der Waals surface area contributed by atoms with Crippen molar-refractivity contribution in [1.82, 2.24) is 10.6 Å². The molecule has 0 saturated carbocycles. The van der Waals surface area contributed by atoms with Gasteiger partial charge in [0, 0.05) is 12.1 Å². The number of Topliss-reactive ketones (excluding diaryl/α,β-unsaturated/α-hetero) is 1. The summed E-state index contributed by atoms with van der Waals surface area (Å²) in [7, 11) is 0. The van der Waals surface area contributed by atoms with E-state index < -0.39 is 39.7 Å². The molecule has 0 radical (unpaired) electrons. The van der Waals surface area contributed by atoms with Gasteiger partial charge in [-0.15, -0.1) is 11.3 Å².